The van der Waals surface area contributed by atoms with Crippen LogP contribution in [0.15, 0.2) is 12.4 Å². The number of ketones is 1. The fourth-order valence-electron chi connectivity index (χ4n) is 2.43. The van der Waals surface area contributed by atoms with Crippen molar-refractivity contribution in [3.05, 3.63) is 18.0 Å². The molecule has 0 amide bonds. The zero-order valence-corrected chi connectivity index (χ0v) is 11.3. The van der Waals surface area contributed by atoms with E-state index >= 15 is 0 Å². The standard InChI is InChI=1S/C13H21N3O2/c1-4-13(2,16-5-7-18-8-6-16)12(17)11-9-14-15(3)10-11/h9-10H,4-8H2,1-3H3. The molecule has 1 aromatic heterocycles. The van der Waals surface area contributed by atoms with Crippen LogP contribution in [0.3, 0.4) is 0 Å². The second-order valence-corrected chi connectivity index (χ2v) is 4.96. The molecule has 1 fully saturated rings. The molecule has 1 atom stereocenters. The minimum Gasteiger partial charge on any atom is -0.379 e. The number of Topliss-reactive ketones (excluding diaryl/α,β-unsaturated/α-hetero) is 1. The van der Waals surface area contributed by atoms with Crippen molar-refractivity contribution >= 4 is 5.78 Å². The molecule has 0 aliphatic carbocycles. The van der Waals surface area contributed by atoms with Crippen LogP contribution in [-0.4, -0.2) is 52.3 Å². The summed E-state index contributed by atoms with van der Waals surface area (Å²) >= 11 is 0. The first-order valence-corrected chi connectivity index (χ1v) is 6.44. The minimum atomic E-state index is -0.452. The van der Waals surface area contributed by atoms with E-state index in [0.29, 0.717) is 18.8 Å². The largest absolute Gasteiger partial charge is 0.379 e. The third-order valence-corrected chi connectivity index (χ3v) is 3.85. The number of aryl methyl sites for hydroxylation is 1. The molecule has 5 heteroatoms. The lowest BCUT2D eigenvalue weighted by molar-refractivity contribution is -0.0106. The van der Waals surface area contributed by atoms with Crippen molar-refractivity contribution in [2.75, 3.05) is 26.3 Å². The van der Waals surface area contributed by atoms with Crippen LogP contribution < -0.4 is 0 Å². The molecular formula is C13H21N3O2. The fourth-order valence-corrected chi connectivity index (χ4v) is 2.43. The van der Waals surface area contributed by atoms with E-state index in [1.807, 2.05) is 14.0 Å². The molecule has 0 radical (unpaired) electrons. The highest BCUT2D eigenvalue weighted by atomic mass is 16.5. The number of ether oxygens (including phenoxy) is 1. The molecule has 1 saturated heterocycles. The smallest absolute Gasteiger partial charge is 0.185 e. The summed E-state index contributed by atoms with van der Waals surface area (Å²) < 4.78 is 7.03. The van der Waals surface area contributed by atoms with Gasteiger partial charge in [-0.2, -0.15) is 5.10 Å². The van der Waals surface area contributed by atoms with Gasteiger partial charge in [0.15, 0.2) is 5.78 Å². The fraction of sp³-hybridized carbons (Fsp3) is 0.692. The summed E-state index contributed by atoms with van der Waals surface area (Å²) in [7, 11) is 1.83. The van der Waals surface area contributed by atoms with E-state index in [2.05, 4.69) is 16.9 Å². The Kier molecular flexibility index (Phi) is 3.82. The highest BCUT2D eigenvalue weighted by Crippen LogP contribution is 2.25. The lowest BCUT2D eigenvalue weighted by atomic mass is 9.87. The van der Waals surface area contributed by atoms with Crippen LogP contribution >= 0.6 is 0 Å². The van der Waals surface area contributed by atoms with Gasteiger partial charge in [0.25, 0.3) is 0 Å². The van der Waals surface area contributed by atoms with Gasteiger partial charge in [-0.25, -0.2) is 0 Å². The van der Waals surface area contributed by atoms with E-state index < -0.39 is 5.54 Å². The van der Waals surface area contributed by atoms with Crippen molar-refractivity contribution < 1.29 is 9.53 Å². The molecule has 1 aliphatic rings. The maximum absolute atomic E-state index is 12.7. The highest BCUT2D eigenvalue weighted by Gasteiger charge is 2.39. The normalized spacial score (nSPS) is 20.6. The van der Waals surface area contributed by atoms with Crippen LogP contribution in [-0.2, 0) is 11.8 Å². The van der Waals surface area contributed by atoms with Gasteiger partial charge in [0.1, 0.15) is 0 Å². The molecule has 1 unspecified atom stereocenters. The summed E-state index contributed by atoms with van der Waals surface area (Å²) in [4.78, 5) is 14.9. The second-order valence-electron chi connectivity index (χ2n) is 4.96. The molecule has 18 heavy (non-hydrogen) atoms. The Morgan fingerprint density at radius 3 is 2.67 bits per heavy atom. The molecule has 2 heterocycles. The first kappa shape index (κ1) is 13.2. The van der Waals surface area contributed by atoms with Gasteiger partial charge in [0, 0.05) is 26.3 Å². The molecule has 1 aliphatic heterocycles. The predicted molar refractivity (Wildman–Crippen MR) is 68.6 cm³/mol. The average Bonchev–Trinajstić information content (AvgIpc) is 2.84. The maximum Gasteiger partial charge on any atom is 0.185 e. The summed E-state index contributed by atoms with van der Waals surface area (Å²) in [6.45, 7) is 7.12. The van der Waals surface area contributed by atoms with Gasteiger partial charge in [0.05, 0.1) is 30.5 Å². The van der Waals surface area contributed by atoms with E-state index in [9.17, 15) is 4.79 Å². The van der Waals surface area contributed by atoms with Crippen LogP contribution in [0.1, 0.15) is 30.6 Å². The number of carbonyl (C=O) groups is 1. The SMILES string of the molecule is CCC(C)(C(=O)c1cnn(C)c1)N1CCOCC1. The molecule has 0 bridgehead atoms. The van der Waals surface area contributed by atoms with Crippen LogP contribution in [0.25, 0.3) is 0 Å². The Labute approximate surface area is 108 Å². The monoisotopic (exact) mass is 251 g/mol. The van der Waals surface area contributed by atoms with Crippen LogP contribution in [0.5, 0.6) is 0 Å². The summed E-state index contributed by atoms with van der Waals surface area (Å²) in [6.07, 6.45) is 4.23. The molecule has 0 aromatic carbocycles. The van der Waals surface area contributed by atoms with Gasteiger partial charge in [-0.1, -0.05) is 6.92 Å². The van der Waals surface area contributed by atoms with Crippen molar-refractivity contribution in [2.24, 2.45) is 7.05 Å². The molecule has 100 valence electrons. The summed E-state index contributed by atoms with van der Waals surface area (Å²) in [5, 5.41) is 4.08. The summed E-state index contributed by atoms with van der Waals surface area (Å²) in [6, 6.07) is 0. The first-order chi connectivity index (χ1) is 8.58. The Hall–Kier alpha value is -1.20. The Morgan fingerprint density at radius 1 is 1.50 bits per heavy atom. The lowest BCUT2D eigenvalue weighted by Gasteiger charge is -2.41. The Morgan fingerprint density at radius 2 is 2.17 bits per heavy atom. The number of hydrogen-bond acceptors (Lipinski definition) is 4. The van der Waals surface area contributed by atoms with Crippen LogP contribution in [0, 0.1) is 0 Å². The quantitative estimate of drug-likeness (QED) is 0.752. The maximum atomic E-state index is 12.7. The summed E-state index contributed by atoms with van der Waals surface area (Å²) in [5.41, 5.74) is 0.237. The van der Waals surface area contributed by atoms with Crippen molar-refractivity contribution in [3.8, 4) is 0 Å². The van der Waals surface area contributed by atoms with Gasteiger partial charge < -0.3 is 4.74 Å². The minimum absolute atomic E-state index is 0.153. The molecule has 2 rings (SSSR count). The van der Waals surface area contributed by atoms with Gasteiger partial charge >= 0.3 is 0 Å². The number of morpholine rings is 1. The Balaban J connectivity index is 2.22. The van der Waals surface area contributed by atoms with Crippen LogP contribution in [0.4, 0.5) is 0 Å². The molecule has 0 spiro atoms. The molecule has 0 saturated carbocycles. The molecule has 0 N–H and O–H groups in total. The van der Waals surface area contributed by atoms with E-state index in [1.54, 1.807) is 17.1 Å². The Bertz CT molecular complexity index is 424. The summed E-state index contributed by atoms with van der Waals surface area (Å²) in [5.74, 6) is 0.153. The van der Waals surface area contributed by atoms with E-state index in [4.69, 9.17) is 4.74 Å². The first-order valence-electron chi connectivity index (χ1n) is 6.44. The lowest BCUT2D eigenvalue weighted by Crippen LogP contribution is -2.56. The average molecular weight is 251 g/mol. The van der Waals surface area contributed by atoms with Crippen molar-refractivity contribution in [1.29, 1.82) is 0 Å². The van der Waals surface area contributed by atoms with Gasteiger partial charge in [0.2, 0.25) is 0 Å². The highest BCUT2D eigenvalue weighted by molar-refractivity contribution is 6.02. The number of carbonyl (C=O) groups excluding carboxylic acids is 1. The molecule has 5 nitrogen and oxygen atoms in total. The number of aromatic nitrogens is 2. The third kappa shape index (κ3) is 2.33. The zero-order chi connectivity index (χ0) is 13.2. The third-order valence-electron chi connectivity index (χ3n) is 3.85. The molecular weight excluding hydrogens is 230 g/mol. The van der Waals surface area contributed by atoms with Gasteiger partial charge in [-0.05, 0) is 13.3 Å². The van der Waals surface area contributed by atoms with Gasteiger partial charge in [-0.3, -0.25) is 14.4 Å². The number of hydrogen-bond donors (Lipinski definition) is 0. The zero-order valence-electron chi connectivity index (χ0n) is 11.3. The number of rotatable bonds is 4. The van der Waals surface area contributed by atoms with Gasteiger partial charge in [-0.15, -0.1) is 0 Å². The number of nitrogens with zero attached hydrogens (tertiary/aromatic N) is 3. The van der Waals surface area contributed by atoms with Crippen molar-refractivity contribution in [2.45, 2.75) is 25.8 Å². The van der Waals surface area contributed by atoms with Crippen molar-refractivity contribution in [3.63, 3.8) is 0 Å². The predicted octanol–water partition coefficient (Wildman–Crippen LogP) is 1.10. The van der Waals surface area contributed by atoms with E-state index in [-0.39, 0.29) is 5.78 Å². The van der Waals surface area contributed by atoms with Crippen molar-refractivity contribution in [1.82, 2.24) is 14.7 Å². The van der Waals surface area contributed by atoms with E-state index in [1.165, 1.54) is 0 Å². The molecule has 1 aromatic rings. The van der Waals surface area contributed by atoms with E-state index in [0.717, 1.165) is 19.5 Å². The topological polar surface area (TPSA) is 47.4 Å². The van der Waals surface area contributed by atoms with Crippen LogP contribution in [0.2, 0.25) is 0 Å². The second kappa shape index (κ2) is 5.20.